The van der Waals surface area contributed by atoms with Crippen LogP contribution in [0.2, 0.25) is 0 Å². The van der Waals surface area contributed by atoms with Crippen molar-refractivity contribution in [3.63, 3.8) is 0 Å². The first-order valence-electron chi connectivity index (χ1n) is 9.56. The Hall–Kier alpha value is -2.20. The van der Waals surface area contributed by atoms with Gasteiger partial charge in [0.05, 0.1) is 18.3 Å². The zero-order chi connectivity index (χ0) is 20.0. The minimum Gasteiger partial charge on any atom is -0.383 e. The maximum atomic E-state index is 10.7. The van der Waals surface area contributed by atoms with Gasteiger partial charge in [0.15, 0.2) is 5.96 Å². The molecular formula is C21H29IN6O. The number of fused-ring (bicyclic) bond motifs is 1. The van der Waals surface area contributed by atoms with Gasteiger partial charge in [-0.15, -0.1) is 24.0 Å². The Morgan fingerprint density at radius 1 is 1.24 bits per heavy atom. The third kappa shape index (κ3) is 6.14. The van der Waals surface area contributed by atoms with Crippen molar-refractivity contribution in [2.75, 3.05) is 19.6 Å². The van der Waals surface area contributed by atoms with E-state index in [4.69, 9.17) is 0 Å². The van der Waals surface area contributed by atoms with E-state index in [9.17, 15) is 5.11 Å². The summed E-state index contributed by atoms with van der Waals surface area (Å²) in [7, 11) is 1.83. The summed E-state index contributed by atoms with van der Waals surface area (Å²) in [6.07, 6.45) is 6.13. The van der Waals surface area contributed by atoms with E-state index >= 15 is 0 Å². The molecule has 1 atom stereocenters. The zero-order valence-electron chi connectivity index (χ0n) is 17.1. The molecule has 0 spiro atoms. The van der Waals surface area contributed by atoms with Gasteiger partial charge >= 0.3 is 0 Å². The lowest BCUT2D eigenvalue weighted by atomic mass is 10.0. The van der Waals surface area contributed by atoms with Gasteiger partial charge in [0.1, 0.15) is 5.60 Å². The molecule has 156 valence electrons. The summed E-state index contributed by atoms with van der Waals surface area (Å²) >= 11 is 0. The summed E-state index contributed by atoms with van der Waals surface area (Å²) in [5, 5.41) is 22.6. The summed E-state index contributed by atoms with van der Waals surface area (Å²) in [5.41, 5.74) is 1.91. The van der Waals surface area contributed by atoms with Crippen LogP contribution in [-0.2, 0) is 19.1 Å². The van der Waals surface area contributed by atoms with Crippen LogP contribution in [0.5, 0.6) is 0 Å². The molecule has 0 aliphatic heterocycles. The summed E-state index contributed by atoms with van der Waals surface area (Å²) in [6, 6.07) is 10.3. The van der Waals surface area contributed by atoms with E-state index in [2.05, 4.69) is 50.0 Å². The van der Waals surface area contributed by atoms with Gasteiger partial charge < -0.3 is 15.7 Å². The monoisotopic (exact) mass is 508 g/mol. The highest BCUT2D eigenvalue weighted by molar-refractivity contribution is 14.0. The van der Waals surface area contributed by atoms with E-state index in [0.29, 0.717) is 5.96 Å². The molecule has 1 unspecified atom stereocenters. The molecule has 8 heteroatoms. The van der Waals surface area contributed by atoms with Gasteiger partial charge in [-0.2, -0.15) is 5.10 Å². The highest BCUT2D eigenvalue weighted by Crippen LogP contribution is 2.20. The Labute approximate surface area is 188 Å². The average molecular weight is 508 g/mol. The number of rotatable bonds is 7. The Bertz CT molecular complexity index is 948. The van der Waals surface area contributed by atoms with Crippen molar-refractivity contribution in [3.8, 4) is 0 Å². The van der Waals surface area contributed by atoms with E-state index in [0.717, 1.165) is 36.0 Å². The van der Waals surface area contributed by atoms with E-state index in [1.54, 1.807) is 17.8 Å². The molecule has 1 aromatic carbocycles. The molecule has 0 radical (unpaired) electrons. The molecule has 0 fully saturated rings. The maximum Gasteiger partial charge on any atom is 0.191 e. The lowest BCUT2D eigenvalue weighted by molar-refractivity contribution is 0.0672. The van der Waals surface area contributed by atoms with Gasteiger partial charge in [0.2, 0.25) is 0 Å². The number of hydrogen-bond donors (Lipinski definition) is 3. The van der Waals surface area contributed by atoms with Gasteiger partial charge in [-0.05, 0) is 31.9 Å². The van der Waals surface area contributed by atoms with Crippen LogP contribution in [0.1, 0.15) is 25.0 Å². The number of aliphatic imine (C=N–C) groups is 1. The van der Waals surface area contributed by atoms with Crippen LogP contribution in [0, 0.1) is 0 Å². The Morgan fingerprint density at radius 2 is 2.03 bits per heavy atom. The third-order valence-corrected chi connectivity index (χ3v) is 4.62. The van der Waals surface area contributed by atoms with Crippen LogP contribution in [0.4, 0.5) is 0 Å². The predicted octanol–water partition coefficient (Wildman–Crippen LogP) is 2.59. The van der Waals surface area contributed by atoms with Crippen LogP contribution in [0.25, 0.3) is 10.9 Å². The number of aryl methyl sites for hydroxylation is 1. The number of para-hydroxylation sites is 1. The first-order valence-corrected chi connectivity index (χ1v) is 9.56. The molecule has 7 nitrogen and oxygen atoms in total. The summed E-state index contributed by atoms with van der Waals surface area (Å²) in [4.78, 5) is 9.06. The maximum absolute atomic E-state index is 10.7. The molecule has 0 amide bonds. The molecule has 2 heterocycles. The van der Waals surface area contributed by atoms with Gasteiger partial charge in [-0.25, -0.2) is 4.99 Å². The number of pyridine rings is 1. The summed E-state index contributed by atoms with van der Waals surface area (Å²) < 4.78 is 1.68. The number of nitrogens with zero attached hydrogens (tertiary/aromatic N) is 4. The van der Waals surface area contributed by atoms with Crippen molar-refractivity contribution in [1.82, 2.24) is 25.4 Å². The van der Waals surface area contributed by atoms with Crippen molar-refractivity contribution in [2.24, 2.45) is 12.0 Å². The van der Waals surface area contributed by atoms with Crippen LogP contribution in [-0.4, -0.2) is 45.5 Å². The summed E-state index contributed by atoms with van der Waals surface area (Å²) in [5.74, 6) is 0.680. The number of nitrogens with one attached hydrogen (secondary N) is 2. The van der Waals surface area contributed by atoms with Crippen LogP contribution < -0.4 is 10.6 Å². The molecule has 0 bridgehead atoms. The summed E-state index contributed by atoms with van der Waals surface area (Å²) in [6.45, 7) is 5.47. The van der Waals surface area contributed by atoms with Gasteiger partial charge in [0.25, 0.3) is 0 Å². The second kappa shape index (κ2) is 10.5. The zero-order valence-corrected chi connectivity index (χ0v) is 19.4. The molecule has 0 aliphatic rings. The molecule has 2 aromatic heterocycles. The molecule has 0 saturated heterocycles. The number of aromatic nitrogens is 3. The molecule has 0 saturated carbocycles. The second-order valence-electron chi connectivity index (χ2n) is 7.04. The molecule has 3 rings (SSSR count). The van der Waals surface area contributed by atoms with Crippen molar-refractivity contribution >= 4 is 40.8 Å². The molecule has 3 N–H and O–H groups in total. The second-order valence-corrected chi connectivity index (χ2v) is 7.04. The topological polar surface area (TPSA) is 87.4 Å². The van der Waals surface area contributed by atoms with Gasteiger partial charge in [0, 0.05) is 43.5 Å². The largest absolute Gasteiger partial charge is 0.383 e. The predicted molar refractivity (Wildman–Crippen MR) is 128 cm³/mol. The first-order chi connectivity index (χ1) is 13.5. The minimum atomic E-state index is -1.07. The quantitative estimate of drug-likeness (QED) is 0.260. The Balaban J connectivity index is 0.00000300. The van der Waals surface area contributed by atoms with Gasteiger partial charge in [-0.3, -0.25) is 9.67 Å². The number of guanidine groups is 1. The highest BCUT2D eigenvalue weighted by Gasteiger charge is 2.24. The molecular weight excluding hydrogens is 479 g/mol. The SMILES string of the molecule is CCNC(=NCC(C)(O)c1cnn(C)c1)NCCc1cccc2cccnc12.I. The lowest BCUT2D eigenvalue weighted by Crippen LogP contribution is -2.39. The number of halogens is 1. The van der Waals surface area contributed by atoms with E-state index in [-0.39, 0.29) is 30.5 Å². The van der Waals surface area contributed by atoms with Crippen LogP contribution >= 0.6 is 24.0 Å². The number of benzene rings is 1. The third-order valence-electron chi connectivity index (χ3n) is 4.62. The van der Waals surface area contributed by atoms with E-state index in [1.165, 1.54) is 5.56 Å². The normalized spacial score (nSPS) is 13.6. The fourth-order valence-corrected chi connectivity index (χ4v) is 3.05. The van der Waals surface area contributed by atoms with Crippen molar-refractivity contribution in [3.05, 3.63) is 60.0 Å². The standard InChI is InChI=1S/C21H28N6O.HI/c1-4-22-20(25-15-21(2,28)18-13-26-27(3)14-18)24-12-10-17-8-5-7-16-9-6-11-23-19(16)17;/h5-9,11,13-14,28H,4,10,12,15H2,1-3H3,(H2,22,24,25);1H. The molecule has 29 heavy (non-hydrogen) atoms. The molecule has 0 aliphatic carbocycles. The van der Waals surface area contributed by atoms with Crippen LogP contribution in [0.15, 0.2) is 53.9 Å². The van der Waals surface area contributed by atoms with Crippen molar-refractivity contribution in [1.29, 1.82) is 0 Å². The van der Waals surface area contributed by atoms with Gasteiger partial charge in [-0.1, -0.05) is 24.3 Å². The highest BCUT2D eigenvalue weighted by atomic mass is 127. The van der Waals surface area contributed by atoms with Crippen molar-refractivity contribution < 1.29 is 5.11 Å². The van der Waals surface area contributed by atoms with E-state index in [1.807, 2.05) is 32.4 Å². The smallest absolute Gasteiger partial charge is 0.191 e. The number of aliphatic hydroxyl groups is 1. The van der Waals surface area contributed by atoms with E-state index < -0.39 is 5.60 Å². The average Bonchev–Trinajstić information content (AvgIpc) is 3.14. The fraction of sp³-hybridized carbons (Fsp3) is 0.381. The van der Waals surface area contributed by atoms with Crippen LogP contribution in [0.3, 0.4) is 0 Å². The lowest BCUT2D eigenvalue weighted by Gasteiger charge is -2.20. The number of hydrogen-bond acceptors (Lipinski definition) is 4. The fourth-order valence-electron chi connectivity index (χ4n) is 3.05. The molecule has 3 aromatic rings. The minimum absolute atomic E-state index is 0. The Morgan fingerprint density at radius 3 is 2.76 bits per heavy atom. The Kier molecular flexibility index (Phi) is 8.39. The van der Waals surface area contributed by atoms with Crippen molar-refractivity contribution in [2.45, 2.75) is 25.9 Å². The first kappa shape index (κ1) is 23.1.